The second-order valence-electron chi connectivity index (χ2n) is 8.68. The van der Waals surface area contributed by atoms with Crippen LogP contribution in [0.1, 0.15) is 31.9 Å². The van der Waals surface area contributed by atoms with Crippen molar-refractivity contribution in [3.8, 4) is 5.75 Å². The number of hydrogen-bond acceptors (Lipinski definition) is 4. The quantitative estimate of drug-likeness (QED) is 0.556. The molecule has 0 unspecified atom stereocenters. The molecule has 0 saturated heterocycles. The first-order valence-corrected chi connectivity index (χ1v) is 10.5. The second kappa shape index (κ2) is 8.35. The Labute approximate surface area is 188 Å². The lowest BCUT2D eigenvalue weighted by Gasteiger charge is -2.19. The van der Waals surface area contributed by atoms with Gasteiger partial charge in [0.15, 0.2) is 0 Å². The predicted molar refractivity (Wildman–Crippen MR) is 128 cm³/mol. The number of nitrogens with zero attached hydrogens (tertiary/aromatic N) is 1. The Morgan fingerprint density at radius 3 is 2.03 bits per heavy atom. The van der Waals surface area contributed by atoms with Gasteiger partial charge in [0.25, 0.3) is 11.8 Å². The Morgan fingerprint density at radius 1 is 0.781 bits per heavy atom. The molecule has 162 valence electrons. The highest BCUT2D eigenvalue weighted by Crippen LogP contribution is 2.37. The molecule has 0 fully saturated rings. The van der Waals surface area contributed by atoms with Crippen molar-refractivity contribution in [2.45, 2.75) is 26.2 Å². The predicted octanol–water partition coefficient (Wildman–Crippen LogP) is 5.39. The van der Waals surface area contributed by atoms with Crippen LogP contribution in [0.2, 0.25) is 0 Å². The third-order valence-electron chi connectivity index (χ3n) is 5.49. The molecule has 3 aromatic rings. The molecule has 0 atom stereocenters. The van der Waals surface area contributed by atoms with Crippen molar-refractivity contribution in [3.05, 3.63) is 95.7 Å². The first kappa shape index (κ1) is 21.4. The second-order valence-corrected chi connectivity index (χ2v) is 8.68. The SMILES string of the molecule is COc1ccccc1C1=C(Nc2ccc(C(C)(C)C)cc2)C(=O)N(c2ccccc2)C1=O. The minimum atomic E-state index is -0.401. The van der Waals surface area contributed by atoms with E-state index in [1.165, 1.54) is 10.5 Å². The molecule has 0 radical (unpaired) electrons. The number of anilines is 2. The van der Waals surface area contributed by atoms with Crippen molar-refractivity contribution in [1.82, 2.24) is 0 Å². The van der Waals surface area contributed by atoms with Gasteiger partial charge in [0, 0.05) is 11.3 Å². The van der Waals surface area contributed by atoms with E-state index < -0.39 is 5.91 Å². The third-order valence-corrected chi connectivity index (χ3v) is 5.49. The highest BCUT2D eigenvalue weighted by Gasteiger charge is 2.41. The fourth-order valence-corrected chi connectivity index (χ4v) is 3.76. The maximum absolute atomic E-state index is 13.5. The molecule has 4 rings (SSSR count). The molecule has 0 spiro atoms. The van der Waals surface area contributed by atoms with Crippen LogP contribution in [0, 0.1) is 0 Å². The molecule has 5 nitrogen and oxygen atoms in total. The number of methoxy groups -OCH3 is 1. The number of rotatable bonds is 5. The largest absolute Gasteiger partial charge is 0.496 e. The summed E-state index contributed by atoms with van der Waals surface area (Å²) in [5.74, 6) is -0.262. The molecule has 1 heterocycles. The lowest BCUT2D eigenvalue weighted by atomic mass is 9.87. The molecule has 0 saturated carbocycles. The van der Waals surface area contributed by atoms with Gasteiger partial charge in [-0.05, 0) is 41.3 Å². The van der Waals surface area contributed by atoms with Crippen molar-refractivity contribution < 1.29 is 14.3 Å². The van der Waals surface area contributed by atoms with Crippen LogP contribution >= 0.6 is 0 Å². The van der Waals surface area contributed by atoms with Gasteiger partial charge >= 0.3 is 0 Å². The third kappa shape index (κ3) is 3.89. The van der Waals surface area contributed by atoms with E-state index in [2.05, 4.69) is 26.1 Å². The summed E-state index contributed by atoms with van der Waals surface area (Å²) in [6.07, 6.45) is 0. The van der Waals surface area contributed by atoms with Crippen molar-refractivity contribution in [1.29, 1.82) is 0 Å². The summed E-state index contributed by atoms with van der Waals surface area (Å²) in [5.41, 5.74) is 3.54. The molecule has 1 aliphatic rings. The smallest absolute Gasteiger partial charge is 0.282 e. The maximum atomic E-state index is 13.5. The van der Waals surface area contributed by atoms with Gasteiger partial charge in [-0.2, -0.15) is 0 Å². The first-order valence-electron chi connectivity index (χ1n) is 10.5. The molecule has 0 bridgehead atoms. The molecule has 3 aromatic carbocycles. The lowest BCUT2D eigenvalue weighted by molar-refractivity contribution is -0.120. The topological polar surface area (TPSA) is 58.6 Å². The van der Waals surface area contributed by atoms with Crippen LogP contribution in [0.25, 0.3) is 5.57 Å². The number of para-hydroxylation sites is 2. The monoisotopic (exact) mass is 426 g/mol. The minimum absolute atomic E-state index is 0.0175. The summed E-state index contributed by atoms with van der Waals surface area (Å²) in [6.45, 7) is 6.44. The van der Waals surface area contributed by atoms with Gasteiger partial charge in [0.2, 0.25) is 0 Å². The highest BCUT2D eigenvalue weighted by atomic mass is 16.5. The van der Waals surface area contributed by atoms with Crippen molar-refractivity contribution in [3.63, 3.8) is 0 Å². The van der Waals surface area contributed by atoms with E-state index in [-0.39, 0.29) is 22.6 Å². The Morgan fingerprint density at radius 2 is 1.41 bits per heavy atom. The number of ether oxygens (including phenoxy) is 1. The van der Waals surface area contributed by atoms with E-state index >= 15 is 0 Å². The molecule has 1 aliphatic heterocycles. The zero-order valence-corrected chi connectivity index (χ0v) is 18.7. The summed E-state index contributed by atoms with van der Waals surface area (Å²) in [5, 5.41) is 3.21. The summed E-state index contributed by atoms with van der Waals surface area (Å²) in [6, 6.07) is 24.1. The average molecular weight is 427 g/mol. The Bertz CT molecular complexity index is 1190. The number of nitrogens with one attached hydrogen (secondary N) is 1. The molecule has 0 aliphatic carbocycles. The minimum Gasteiger partial charge on any atom is -0.496 e. The number of hydrogen-bond donors (Lipinski definition) is 1. The summed E-state index contributed by atoms with van der Waals surface area (Å²) in [7, 11) is 1.55. The van der Waals surface area contributed by atoms with Crippen LogP contribution in [0.5, 0.6) is 5.75 Å². The van der Waals surface area contributed by atoms with E-state index in [0.29, 0.717) is 17.0 Å². The normalized spacial score (nSPS) is 14.2. The van der Waals surface area contributed by atoms with Gasteiger partial charge in [0.05, 0.1) is 18.4 Å². The van der Waals surface area contributed by atoms with Crippen LogP contribution in [0.4, 0.5) is 11.4 Å². The number of carbonyl (C=O) groups is 2. The molecule has 2 amide bonds. The van der Waals surface area contributed by atoms with Gasteiger partial charge in [-0.15, -0.1) is 0 Å². The Kier molecular flexibility index (Phi) is 5.57. The molecule has 0 aromatic heterocycles. The number of carbonyl (C=O) groups excluding carboxylic acids is 2. The standard InChI is InChI=1S/C27H26N2O3/c1-27(2,3)18-14-16-19(17-15-18)28-24-23(21-12-8-9-13-22(21)32-4)25(30)29(26(24)31)20-10-6-5-7-11-20/h5-17,28H,1-4H3. The van der Waals surface area contributed by atoms with E-state index in [9.17, 15) is 9.59 Å². The van der Waals surface area contributed by atoms with E-state index in [0.717, 1.165) is 5.69 Å². The molecule has 32 heavy (non-hydrogen) atoms. The molecule has 1 N–H and O–H groups in total. The van der Waals surface area contributed by atoms with Crippen LogP contribution in [0.15, 0.2) is 84.6 Å². The van der Waals surface area contributed by atoms with Crippen LogP contribution in [-0.2, 0) is 15.0 Å². The number of amides is 2. The van der Waals surface area contributed by atoms with Gasteiger partial charge in [0.1, 0.15) is 11.4 Å². The molecular formula is C27H26N2O3. The summed E-state index contributed by atoms with van der Waals surface area (Å²) < 4.78 is 5.49. The number of benzene rings is 3. The van der Waals surface area contributed by atoms with Gasteiger partial charge in [-0.1, -0.05) is 69.3 Å². The zero-order chi connectivity index (χ0) is 22.9. The van der Waals surface area contributed by atoms with E-state index in [1.807, 2.05) is 42.5 Å². The molecular weight excluding hydrogens is 400 g/mol. The summed E-state index contributed by atoms with van der Waals surface area (Å²) in [4.78, 5) is 28.2. The van der Waals surface area contributed by atoms with E-state index in [1.54, 1.807) is 43.5 Å². The first-order chi connectivity index (χ1) is 15.3. The van der Waals surface area contributed by atoms with Gasteiger partial charge < -0.3 is 10.1 Å². The van der Waals surface area contributed by atoms with Gasteiger partial charge in [-0.3, -0.25) is 9.59 Å². The van der Waals surface area contributed by atoms with Gasteiger partial charge in [-0.25, -0.2) is 4.90 Å². The molecule has 5 heteroatoms. The summed E-state index contributed by atoms with van der Waals surface area (Å²) >= 11 is 0. The van der Waals surface area contributed by atoms with E-state index in [4.69, 9.17) is 4.74 Å². The van der Waals surface area contributed by atoms with Crippen molar-refractivity contribution in [2.24, 2.45) is 0 Å². The van der Waals surface area contributed by atoms with Crippen molar-refractivity contribution >= 4 is 28.8 Å². The van der Waals surface area contributed by atoms with Crippen LogP contribution in [-0.4, -0.2) is 18.9 Å². The zero-order valence-electron chi connectivity index (χ0n) is 18.7. The number of imide groups is 1. The van der Waals surface area contributed by atoms with Crippen LogP contribution < -0.4 is 15.0 Å². The maximum Gasteiger partial charge on any atom is 0.282 e. The van der Waals surface area contributed by atoms with Crippen LogP contribution in [0.3, 0.4) is 0 Å². The Balaban J connectivity index is 1.81. The fourth-order valence-electron chi connectivity index (χ4n) is 3.76. The van der Waals surface area contributed by atoms with Crippen molar-refractivity contribution in [2.75, 3.05) is 17.3 Å². The lowest BCUT2D eigenvalue weighted by Crippen LogP contribution is -2.32. The fraction of sp³-hybridized carbons (Fsp3) is 0.185. The Hall–Kier alpha value is -3.86. The highest BCUT2D eigenvalue weighted by molar-refractivity contribution is 6.46. The average Bonchev–Trinajstić information content (AvgIpc) is 3.03.